The maximum absolute atomic E-state index is 13.9. The van der Waals surface area contributed by atoms with E-state index in [4.69, 9.17) is 89.0 Å². The van der Waals surface area contributed by atoms with Gasteiger partial charge in [0.2, 0.25) is 3.79 Å². The molecule has 2 fully saturated rings. The van der Waals surface area contributed by atoms with Gasteiger partial charge in [-0.05, 0) is 48.1 Å². The lowest BCUT2D eigenvalue weighted by atomic mass is 9.94. The molecule has 0 spiro atoms. The van der Waals surface area contributed by atoms with Gasteiger partial charge in [-0.2, -0.15) is 0 Å². The maximum atomic E-state index is 13.9. The number of carbonyl (C=O) groups is 3. The predicted molar refractivity (Wildman–Crippen MR) is 243 cm³/mol. The first-order chi connectivity index (χ1) is 31.9. The maximum Gasteiger partial charge on any atom is 0.407 e. The highest BCUT2D eigenvalue weighted by atomic mass is 35.6. The van der Waals surface area contributed by atoms with Gasteiger partial charge in [-0.25, -0.2) is 9.59 Å². The highest BCUT2D eigenvalue weighted by molar-refractivity contribution is 6.67. The number of aliphatic hydroxyl groups excluding tert-OH is 1. The van der Waals surface area contributed by atoms with Crippen LogP contribution in [0, 0.1) is 0 Å². The molecule has 2 heterocycles. The van der Waals surface area contributed by atoms with Crippen molar-refractivity contribution in [2.75, 3.05) is 32.2 Å². The number of rotatable bonds is 24. The van der Waals surface area contributed by atoms with Gasteiger partial charge in [0.05, 0.1) is 31.0 Å². The van der Waals surface area contributed by atoms with E-state index in [1.807, 2.05) is 67.6 Å². The summed E-state index contributed by atoms with van der Waals surface area (Å²) in [6.07, 6.45) is -8.82. The average molecular weight is 1000 g/mol. The molecule has 21 heteroatoms. The second-order valence-corrected chi connectivity index (χ2v) is 18.0. The van der Waals surface area contributed by atoms with Gasteiger partial charge >= 0.3 is 18.0 Å². The fourth-order valence-corrected chi connectivity index (χ4v) is 7.43. The third kappa shape index (κ3) is 17.0. The van der Waals surface area contributed by atoms with Crippen LogP contribution in [0.25, 0.3) is 10.4 Å². The standard InChI is InChI=1S/C45H54Cl4N4O13/c1-2-32-36(55)38(60-25-29-16-8-5-9-17-29)35(52-53-50)42(63-32)66-37-33(27-59-34(54)24-46)64-43(58-23-15-4-3-14-22-51-44(57)62-28-45(47,48)49)40(65-41(56)31-20-12-7-13-21-31)39(37)61-26-30-18-10-6-11-19-30/h5-13,16-21,32-33,35-40,42-43,55H,2-4,14-15,22-28H2,1H3,(H,51,57). The molecule has 0 radical (unpaired) electrons. The molecule has 2 N–H and O–H groups in total. The van der Waals surface area contributed by atoms with Crippen molar-refractivity contribution < 1.29 is 62.1 Å². The first-order valence-electron chi connectivity index (χ1n) is 21.5. The molecule has 17 nitrogen and oxygen atoms in total. The number of halogens is 4. The van der Waals surface area contributed by atoms with Crippen LogP contribution in [-0.4, -0.2) is 121 Å². The fraction of sp³-hybridized carbons (Fsp3) is 0.533. The molecule has 0 saturated carbocycles. The summed E-state index contributed by atoms with van der Waals surface area (Å²) in [6.45, 7) is 1.47. The Morgan fingerprint density at radius 1 is 0.773 bits per heavy atom. The van der Waals surface area contributed by atoms with Crippen LogP contribution < -0.4 is 5.32 Å². The van der Waals surface area contributed by atoms with Gasteiger partial charge < -0.3 is 53.1 Å². The molecule has 2 saturated heterocycles. The molecule has 3 aromatic rings. The van der Waals surface area contributed by atoms with Gasteiger partial charge in [-0.15, -0.1) is 11.6 Å². The topological polar surface area (TPSA) is 215 Å². The highest BCUT2D eigenvalue weighted by Gasteiger charge is 2.54. The summed E-state index contributed by atoms with van der Waals surface area (Å²) in [5, 5.41) is 18.1. The molecule has 0 aliphatic carbocycles. The number of alkyl halides is 4. The van der Waals surface area contributed by atoms with Crippen molar-refractivity contribution >= 4 is 64.4 Å². The van der Waals surface area contributed by atoms with E-state index < -0.39 is 102 Å². The number of hydrogen-bond acceptors (Lipinski definition) is 14. The van der Waals surface area contributed by atoms with E-state index in [2.05, 4.69) is 15.3 Å². The number of benzene rings is 3. The van der Waals surface area contributed by atoms with Crippen LogP contribution in [0.4, 0.5) is 4.79 Å². The first kappa shape index (κ1) is 53.0. The number of hydrogen-bond donors (Lipinski definition) is 2. The molecule has 1 amide bonds. The van der Waals surface area contributed by atoms with Gasteiger partial charge in [0.25, 0.3) is 0 Å². The monoisotopic (exact) mass is 998 g/mol. The summed E-state index contributed by atoms with van der Waals surface area (Å²) >= 11 is 22.8. The number of aliphatic hydroxyl groups is 1. The Bertz CT molecular complexity index is 1970. The van der Waals surface area contributed by atoms with Crippen LogP contribution in [0.15, 0.2) is 96.1 Å². The number of nitrogens with zero attached hydrogens (tertiary/aromatic N) is 3. The van der Waals surface area contributed by atoms with Crippen molar-refractivity contribution in [1.29, 1.82) is 0 Å². The Morgan fingerprint density at radius 3 is 1.98 bits per heavy atom. The second kappa shape index (κ2) is 27.8. The summed E-state index contributed by atoms with van der Waals surface area (Å²) < 4.78 is 53.8. The number of nitrogens with one attached hydrogen (secondary N) is 1. The molecule has 10 unspecified atom stereocenters. The lowest BCUT2D eigenvalue weighted by molar-refractivity contribution is -0.350. The van der Waals surface area contributed by atoms with E-state index in [1.165, 1.54) is 0 Å². The van der Waals surface area contributed by atoms with Crippen molar-refractivity contribution in [1.82, 2.24) is 5.32 Å². The molecular weight excluding hydrogens is 946 g/mol. The fourth-order valence-electron chi connectivity index (χ4n) is 7.19. The van der Waals surface area contributed by atoms with E-state index in [0.717, 1.165) is 11.1 Å². The largest absolute Gasteiger partial charge is 0.462 e. The van der Waals surface area contributed by atoms with E-state index in [9.17, 15) is 25.0 Å². The van der Waals surface area contributed by atoms with Gasteiger partial charge in [-0.1, -0.05) is 139 Å². The van der Waals surface area contributed by atoms with Crippen molar-refractivity contribution in [2.45, 2.75) is 117 Å². The summed E-state index contributed by atoms with van der Waals surface area (Å²) in [4.78, 5) is 41.5. The minimum absolute atomic E-state index is 0.0118. The van der Waals surface area contributed by atoms with E-state index in [-0.39, 0.29) is 25.4 Å². The normalized spacial score (nSPS) is 25.2. The number of unbranched alkanes of at least 4 members (excludes halogenated alkanes) is 3. The molecule has 5 rings (SSSR count). The number of alkyl carbamates (subject to hydrolysis) is 1. The number of azide groups is 1. The molecule has 0 aromatic heterocycles. The molecule has 360 valence electrons. The smallest absolute Gasteiger partial charge is 0.407 e. The summed E-state index contributed by atoms with van der Waals surface area (Å²) in [7, 11) is 0. The van der Waals surface area contributed by atoms with Gasteiger partial charge in [-0.3, -0.25) is 4.79 Å². The summed E-state index contributed by atoms with van der Waals surface area (Å²) in [5.41, 5.74) is 11.6. The summed E-state index contributed by atoms with van der Waals surface area (Å²) in [5.74, 6) is -1.94. The zero-order valence-corrected chi connectivity index (χ0v) is 39.1. The minimum atomic E-state index is -1.72. The Labute approximate surface area is 403 Å². The van der Waals surface area contributed by atoms with Gasteiger partial charge in [0.15, 0.2) is 18.7 Å². The van der Waals surface area contributed by atoms with Gasteiger partial charge in [0.1, 0.15) is 49.6 Å². The summed E-state index contributed by atoms with van der Waals surface area (Å²) in [6, 6.07) is 25.5. The Hall–Kier alpha value is -3.94. The number of ether oxygens (including phenoxy) is 9. The van der Waals surface area contributed by atoms with Gasteiger partial charge in [0, 0.05) is 18.1 Å². The minimum Gasteiger partial charge on any atom is -0.462 e. The molecule has 2 aliphatic heterocycles. The zero-order valence-electron chi connectivity index (χ0n) is 36.1. The van der Waals surface area contributed by atoms with E-state index >= 15 is 0 Å². The van der Waals surface area contributed by atoms with Crippen LogP contribution in [0.1, 0.15) is 60.5 Å². The Kier molecular flexibility index (Phi) is 22.3. The van der Waals surface area contributed by atoms with E-state index in [1.54, 1.807) is 30.3 Å². The average Bonchev–Trinajstić information content (AvgIpc) is 3.32. The number of esters is 2. The number of carbonyl (C=O) groups excluding carboxylic acids is 3. The molecule has 0 bridgehead atoms. The van der Waals surface area contributed by atoms with E-state index in [0.29, 0.717) is 38.6 Å². The van der Waals surface area contributed by atoms with Crippen molar-refractivity contribution in [3.63, 3.8) is 0 Å². The molecule has 3 aromatic carbocycles. The lowest BCUT2D eigenvalue weighted by Crippen LogP contribution is -2.65. The number of amides is 1. The van der Waals surface area contributed by atoms with Crippen molar-refractivity contribution in [3.05, 3.63) is 118 Å². The van der Waals surface area contributed by atoms with Crippen LogP contribution in [0.3, 0.4) is 0 Å². The quantitative estimate of drug-likeness (QED) is 0.0165. The zero-order chi connectivity index (χ0) is 47.3. The highest BCUT2D eigenvalue weighted by Crippen LogP contribution is 2.36. The van der Waals surface area contributed by atoms with Crippen LogP contribution in [-0.2, 0) is 60.6 Å². The molecule has 66 heavy (non-hydrogen) atoms. The van der Waals surface area contributed by atoms with Crippen molar-refractivity contribution in [3.8, 4) is 0 Å². The Balaban J connectivity index is 1.43. The van der Waals surface area contributed by atoms with Crippen LogP contribution in [0.2, 0.25) is 0 Å². The molecule has 2 aliphatic rings. The lowest BCUT2D eigenvalue weighted by Gasteiger charge is -2.48. The third-order valence-corrected chi connectivity index (χ3v) is 11.0. The molecular formula is C45H54Cl4N4O13. The second-order valence-electron chi connectivity index (χ2n) is 15.3. The van der Waals surface area contributed by atoms with Crippen LogP contribution in [0.5, 0.6) is 0 Å². The molecule has 10 atom stereocenters. The van der Waals surface area contributed by atoms with Crippen molar-refractivity contribution in [2.24, 2.45) is 5.11 Å². The third-order valence-electron chi connectivity index (χ3n) is 10.4. The Morgan fingerprint density at radius 2 is 1.38 bits per heavy atom. The predicted octanol–water partition coefficient (Wildman–Crippen LogP) is 8.12. The first-order valence-corrected chi connectivity index (χ1v) is 23.1. The van der Waals surface area contributed by atoms with Crippen LogP contribution >= 0.6 is 46.4 Å². The SMILES string of the molecule is CCC1OC(OC2C(COC(=O)CCl)OC(OCCCCCCNC(=O)OCC(Cl)(Cl)Cl)C(OC(=O)c3ccccc3)C2OCc2ccccc2)C(N=[N+]=[N-])C(OCc2ccccc2)C1O.